The molecule has 158 valence electrons. The maximum absolute atomic E-state index is 13.3. The molecule has 6 heteroatoms. The Hall–Kier alpha value is -1.40. The fourth-order valence-corrected chi connectivity index (χ4v) is 9.47. The van der Waals surface area contributed by atoms with Gasteiger partial charge in [0.1, 0.15) is 5.60 Å². The van der Waals surface area contributed by atoms with Crippen molar-refractivity contribution in [3.8, 4) is 0 Å². The molecular weight excluding hydrogens is 384 g/mol. The second kappa shape index (κ2) is 5.44. The van der Waals surface area contributed by atoms with Crippen molar-refractivity contribution in [3.63, 3.8) is 0 Å². The van der Waals surface area contributed by atoms with Crippen molar-refractivity contribution in [2.45, 2.75) is 69.9 Å². The van der Waals surface area contributed by atoms with E-state index >= 15 is 0 Å². The van der Waals surface area contributed by atoms with E-state index in [9.17, 15) is 9.59 Å². The highest BCUT2D eigenvalue weighted by atomic mass is 28.4. The summed E-state index contributed by atoms with van der Waals surface area (Å²) in [5, 5.41) is 0. The fourth-order valence-electron chi connectivity index (χ4n) is 7.97. The molecular formula is C23H32O5Si. The molecule has 5 aliphatic rings. The van der Waals surface area contributed by atoms with E-state index < -0.39 is 19.3 Å². The normalized spacial score (nSPS) is 49.6. The molecule has 1 saturated heterocycles. The first kappa shape index (κ1) is 19.6. The molecule has 1 aliphatic heterocycles. The van der Waals surface area contributed by atoms with Crippen LogP contribution in [-0.4, -0.2) is 38.6 Å². The van der Waals surface area contributed by atoms with E-state index in [0.29, 0.717) is 6.42 Å². The van der Waals surface area contributed by atoms with Crippen LogP contribution < -0.4 is 0 Å². The van der Waals surface area contributed by atoms with Gasteiger partial charge in [0.15, 0.2) is 8.32 Å². The van der Waals surface area contributed by atoms with Crippen LogP contribution in [0.5, 0.6) is 0 Å². The number of esters is 2. The van der Waals surface area contributed by atoms with Gasteiger partial charge in [-0.1, -0.05) is 12.7 Å². The van der Waals surface area contributed by atoms with Gasteiger partial charge in [-0.25, -0.2) is 0 Å². The second-order valence-electron chi connectivity index (χ2n) is 11.2. The van der Waals surface area contributed by atoms with E-state index in [1.165, 1.54) is 7.11 Å². The molecule has 4 bridgehead atoms. The minimum absolute atomic E-state index is 0.101. The molecule has 5 rings (SSSR count). The molecule has 4 unspecified atom stereocenters. The summed E-state index contributed by atoms with van der Waals surface area (Å²) in [6, 6.07) is 0. The minimum atomic E-state index is -1.82. The number of allylic oxidation sites excluding steroid dienone is 1. The molecule has 0 radical (unpaired) electrons. The third-order valence-electron chi connectivity index (χ3n) is 8.61. The Bertz CT molecular complexity index is 858. The van der Waals surface area contributed by atoms with Crippen LogP contribution in [0.1, 0.15) is 39.0 Å². The molecule has 3 saturated carbocycles. The predicted octanol–water partition coefficient (Wildman–Crippen LogP) is 4.00. The smallest absolute Gasteiger partial charge is 0.313 e. The molecule has 5 nitrogen and oxygen atoms in total. The average molecular weight is 417 g/mol. The molecule has 1 spiro atoms. The zero-order valence-electron chi connectivity index (χ0n) is 18.2. The monoisotopic (exact) mass is 416 g/mol. The largest absolute Gasteiger partial charge is 0.469 e. The van der Waals surface area contributed by atoms with Gasteiger partial charge in [-0.2, -0.15) is 0 Å². The van der Waals surface area contributed by atoms with Crippen LogP contribution in [0.15, 0.2) is 24.3 Å². The quantitative estimate of drug-likeness (QED) is 0.395. The summed E-state index contributed by atoms with van der Waals surface area (Å²) in [6.45, 7) is 13.1. The van der Waals surface area contributed by atoms with Gasteiger partial charge in [0.2, 0.25) is 0 Å². The average Bonchev–Trinajstić information content (AvgIpc) is 3.02. The number of methoxy groups -OCH3 is 1. The standard InChI is InChI=1S/C23H32O5Si/c1-14-12-21-13-22(14,28-29(4,5)6)11-8-15(21)23-10-7-9-20(2,19(25)27-23)17(23)16(21)18(24)26-3/h7,10,15-17H,1,8-9,11-13H2,2-6H3/t15?,16?,17?,20?,21-,22-,23+/m0/s1. The molecule has 4 fully saturated rings. The van der Waals surface area contributed by atoms with Gasteiger partial charge >= 0.3 is 11.9 Å². The number of hydrogen-bond acceptors (Lipinski definition) is 5. The van der Waals surface area contributed by atoms with Crippen LogP contribution >= 0.6 is 0 Å². The van der Waals surface area contributed by atoms with Crippen LogP contribution in [-0.2, 0) is 23.5 Å². The molecule has 4 aliphatic carbocycles. The summed E-state index contributed by atoms with van der Waals surface area (Å²) in [5.74, 6) is -0.825. The molecule has 1 heterocycles. The first-order valence-corrected chi connectivity index (χ1v) is 14.2. The highest BCUT2D eigenvalue weighted by Gasteiger charge is 2.82. The molecule has 29 heavy (non-hydrogen) atoms. The number of fused-ring (bicyclic) bond motifs is 1. The highest BCUT2D eigenvalue weighted by Crippen LogP contribution is 2.78. The fraction of sp³-hybridized carbons (Fsp3) is 0.739. The Morgan fingerprint density at radius 1 is 1.34 bits per heavy atom. The first-order chi connectivity index (χ1) is 13.4. The minimum Gasteiger partial charge on any atom is -0.469 e. The topological polar surface area (TPSA) is 61.8 Å². The Balaban J connectivity index is 1.69. The Labute approximate surface area is 174 Å². The summed E-state index contributed by atoms with van der Waals surface area (Å²) in [4.78, 5) is 26.3. The summed E-state index contributed by atoms with van der Waals surface area (Å²) < 4.78 is 18.3. The van der Waals surface area contributed by atoms with Crippen molar-refractivity contribution in [1.29, 1.82) is 0 Å². The summed E-state index contributed by atoms with van der Waals surface area (Å²) in [6.07, 6.45) is 8.11. The van der Waals surface area contributed by atoms with Gasteiger partial charge in [-0.15, -0.1) is 0 Å². The van der Waals surface area contributed by atoms with Gasteiger partial charge in [0.05, 0.1) is 24.0 Å². The van der Waals surface area contributed by atoms with Crippen molar-refractivity contribution >= 4 is 20.3 Å². The Kier molecular flexibility index (Phi) is 3.67. The molecule has 0 amide bonds. The van der Waals surface area contributed by atoms with E-state index in [1.807, 2.05) is 6.92 Å². The Morgan fingerprint density at radius 2 is 2.07 bits per heavy atom. The second-order valence-corrected chi connectivity index (χ2v) is 15.7. The lowest BCUT2D eigenvalue weighted by Gasteiger charge is -2.47. The number of hydrogen-bond donors (Lipinski definition) is 0. The van der Waals surface area contributed by atoms with Crippen molar-refractivity contribution in [1.82, 2.24) is 0 Å². The summed E-state index contributed by atoms with van der Waals surface area (Å²) in [7, 11) is -0.355. The third kappa shape index (κ3) is 2.15. The van der Waals surface area contributed by atoms with E-state index in [2.05, 4.69) is 38.4 Å². The third-order valence-corrected chi connectivity index (χ3v) is 9.62. The van der Waals surface area contributed by atoms with Crippen LogP contribution in [0.4, 0.5) is 0 Å². The zero-order chi connectivity index (χ0) is 21.0. The van der Waals surface area contributed by atoms with Gasteiger partial charge in [-0.05, 0) is 75.7 Å². The van der Waals surface area contributed by atoms with Crippen LogP contribution in [0, 0.1) is 28.6 Å². The number of ether oxygens (including phenoxy) is 2. The van der Waals surface area contributed by atoms with E-state index in [0.717, 1.165) is 31.3 Å². The molecule has 0 N–H and O–H groups in total. The number of carbonyl (C=O) groups excluding carboxylic acids is 2. The number of rotatable bonds is 3. The van der Waals surface area contributed by atoms with Crippen molar-refractivity contribution in [3.05, 3.63) is 24.3 Å². The summed E-state index contributed by atoms with van der Waals surface area (Å²) >= 11 is 0. The van der Waals surface area contributed by atoms with Crippen molar-refractivity contribution < 1.29 is 23.5 Å². The molecule has 7 atom stereocenters. The zero-order valence-corrected chi connectivity index (χ0v) is 19.2. The van der Waals surface area contributed by atoms with Crippen molar-refractivity contribution in [2.75, 3.05) is 7.11 Å². The Morgan fingerprint density at radius 3 is 2.72 bits per heavy atom. The van der Waals surface area contributed by atoms with E-state index in [4.69, 9.17) is 13.9 Å². The van der Waals surface area contributed by atoms with Crippen molar-refractivity contribution in [2.24, 2.45) is 28.6 Å². The maximum atomic E-state index is 13.3. The van der Waals surface area contributed by atoms with Crippen LogP contribution in [0.3, 0.4) is 0 Å². The van der Waals surface area contributed by atoms with Crippen LogP contribution in [0.25, 0.3) is 0 Å². The number of carbonyl (C=O) groups is 2. The van der Waals surface area contributed by atoms with Crippen LogP contribution in [0.2, 0.25) is 19.6 Å². The molecule has 0 aromatic rings. The maximum Gasteiger partial charge on any atom is 0.313 e. The van der Waals surface area contributed by atoms with Gasteiger partial charge in [0, 0.05) is 11.8 Å². The molecule has 0 aromatic carbocycles. The highest BCUT2D eigenvalue weighted by molar-refractivity contribution is 6.69. The lowest BCUT2D eigenvalue weighted by Crippen LogP contribution is -2.50. The first-order valence-electron chi connectivity index (χ1n) is 10.8. The van der Waals surface area contributed by atoms with Gasteiger partial charge in [0.25, 0.3) is 0 Å². The summed E-state index contributed by atoms with van der Waals surface area (Å²) in [5.41, 5.74) is -0.929. The predicted molar refractivity (Wildman–Crippen MR) is 110 cm³/mol. The van der Waals surface area contributed by atoms with E-state index in [-0.39, 0.29) is 40.7 Å². The lowest BCUT2D eigenvalue weighted by molar-refractivity contribution is -0.161. The van der Waals surface area contributed by atoms with Gasteiger partial charge < -0.3 is 13.9 Å². The lowest BCUT2D eigenvalue weighted by atomic mass is 9.61. The molecule has 0 aromatic heterocycles. The SMILES string of the molecule is C=C1C[C@]23C[C@@]1(O[Si](C)(C)C)CCC2[C@@]12C=CCC(C)(C(=O)O1)C2C3C(=O)OC. The van der Waals surface area contributed by atoms with E-state index in [1.54, 1.807) is 0 Å². The van der Waals surface area contributed by atoms with Gasteiger partial charge in [-0.3, -0.25) is 9.59 Å².